The van der Waals surface area contributed by atoms with Gasteiger partial charge in [-0.25, -0.2) is 4.68 Å². The van der Waals surface area contributed by atoms with Crippen LogP contribution in [0.15, 0.2) is 52.0 Å². The van der Waals surface area contributed by atoms with E-state index in [0.717, 1.165) is 17.1 Å². The fourth-order valence-electron chi connectivity index (χ4n) is 2.59. The van der Waals surface area contributed by atoms with Crippen LogP contribution in [-0.4, -0.2) is 20.7 Å². The van der Waals surface area contributed by atoms with Gasteiger partial charge < -0.3 is 5.11 Å². The van der Waals surface area contributed by atoms with Crippen LogP contribution in [0.5, 0.6) is 0 Å². The van der Waals surface area contributed by atoms with Gasteiger partial charge in [0.2, 0.25) is 0 Å². The Morgan fingerprint density at radius 3 is 2.48 bits per heavy atom. The van der Waals surface area contributed by atoms with Crippen molar-refractivity contribution in [2.24, 2.45) is 10.2 Å². The van der Waals surface area contributed by atoms with Crippen LogP contribution in [0.25, 0.3) is 5.69 Å². The van der Waals surface area contributed by atoms with Crippen LogP contribution in [0, 0.1) is 13.8 Å². The van der Waals surface area contributed by atoms with Gasteiger partial charge in [0, 0.05) is 18.5 Å². The van der Waals surface area contributed by atoms with Gasteiger partial charge in [0.25, 0.3) is 0 Å². The first-order valence-corrected chi connectivity index (χ1v) is 7.55. The van der Waals surface area contributed by atoms with Gasteiger partial charge in [-0.3, -0.25) is 4.79 Å². The molecule has 0 amide bonds. The number of nitrogens with zero attached hydrogens (tertiary/aromatic N) is 4. The SMILES string of the molecule is Cc1cc(C)n(-c2ccc(N=NC3=C(O)CCCC3=O)cc2)n1. The van der Waals surface area contributed by atoms with E-state index >= 15 is 0 Å². The van der Waals surface area contributed by atoms with E-state index in [1.54, 1.807) is 12.1 Å². The highest BCUT2D eigenvalue weighted by Gasteiger charge is 2.20. The molecule has 6 nitrogen and oxygen atoms in total. The zero-order chi connectivity index (χ0) is 16.4. The largest absolute Gasteiger partial charge is 0.510 e. The number of aryl methyl sites for hydroxylation is 2. The van der Waals surface area contributed by atoms with Crippen molar-refractivity contribution in [3.05, 3.63) is 53.2 Å². The molecule has 0 atom stereocenters. The molecule has 1 aliphatic rings. The summed E-state index contributed by atoms with van der Waals surface area (Å²) in [6.45, 7) is 3.95. The van der Waals surface area contributed by atoms with Crippen LogP contribution in [0.4, 0.5) is 5.69 Å². The molecular weight excluding hydrogens is 292 g/mol. The first kappa shape index (κ1) is 15.1. The summed E-state index contributed by atoms with van der Waals surface area (Å²) >= 11 is 0. The number of aliphatic hydroxyl groups excluding tert-OH is 1. The standard InChI is InChI=1S/C17H18N4O2/c1-11-10-12(2)21(20-11)14-8-6-13(7-9-14)18-19-17-15(22)4-3-5-16(17)23/h6-10,22H,3-5H2,1-2H3. The van der Waals surface area contributed by atoms with Crippen LogP contribution in [0.3, 0.4) is 0 Å². The lowest BCUT2D eigenvalue weighted by Gasteiger charge is -2.10. The maximum Gasteiger partial charge on any atom is 0.186 e. The van der Waals surface area contributed by atoms with Crippen molar-refractivity contribution in [1.29, 1.82) is 0 Å². The van der Waals surface area contributed by atoms with E-state index in [0.29, 0.717) is 24.9 Å². The molecule has 1 N–H and O–H groups in total. The Morgan fingerprint density at radius 2 is 1.87 bits per heavy atom. The van der Waals surface area contributed by atoms with E-state index in [2.05, 4.69) is 15.3 Å². The lowest BCUT2D eigenvalue weighted by molar-refractivity contribution is -0.116. The smallest absolute Gasteiger partial charge is 0.186 e. The third-order valence-electron chi connectivity index (χ3n) is 3.72. The summed E-state index contributed by atoms with van der Waals surface area (Å²) in [5, 5.41) is 22.1. The zero-order valence-electron chi connectivity index (χ0n) is 13.2. The third-order valence-corrected chi connectivity index (χ3v) is 3.72. The van der Waals surface area contributed by atoms with Crippen molar-refractivity contribution in [1.82, 2.24) is 9.78 Å². The molecule has 0 unspecified atom stereocenters. The van der Waals surface area contributed by atoms with E-state index in [1.165, 1.54) is 0 Å². The highest BCUT2D eigenvalue weighted by Crippen LogP contribution is 2.23. The fraction of sp³-hybridized carbons (Fsp3) is 0.294. The Hall–Kier alpha value is -2.76. The van der Waals surface area contributed by atoms with Gasteiger partial charge in [-0.05, 0) is 50.6 Å². The van der Waals surface area contributed by atoms with Gasteiger partial charge in [0.05, 0.1) is 17.1 Å². The lowest BCUT2D eigenvalue weighted by Crippen LogP contribution is -2.09. The first-order valence-electron chi connectivity index (χ1n) is 7.55. The average molecular weight is 310 g/mol. The molecule has 0 saturated carbocycles. The van der Waals surface area contributed by atoms with Crippen molar-refractivity contribution in [2.75, 3.05) is 0 Å². The quantitative estimate of drug-likeness (QED) is 0.867. The monoisotopic (exact) mass is 310 g/mol. The Bertz CT molecular complexity index is 801. The van der Waals surface area contributed by atoms with Gasteiger partial charge >= 0.3 is 0 Å². The number of Topliss-reactive ketones (excluding diaryl/α,β-unsaturated/α-hetero) is 1. The van der Waals surface area contributed by atoms with Gasteiger partial charge in [0.15, 0.2) is 11.5 Å². The minimum atomic E-state index is -0.156. The molecule has 23 heavy (non-hydrogen) atoms. The van der Waals surface area contributed by atoms with Crippen LogP contribution in [-0.2, 0) is 4.79 Å². The summed E-state index contributed by atoms with van der Waals surface area (Å²) < 4.78 is 1.86. The van der Waals surface area contributed by atoms with Gasteiger partial charge in [-0.1, -0.05) is 0 Å². The summed E-state index contributed by atoms with van der Waals surface area (Å²) in [4.78, 5) is 11.7. The van der Waals surface area contributed by atoms with Gasteiger partial charge in [-0.15, -0.1) is 5.11 Å². The van der Waals surface area contributed by atoms with Crippen LogP contribution in [0.1, 0.15) is 30.7 Å². The number of ketones is 1. The van der Waals surface area contributed by atoms with Crippen molar-refractivity contribution >= 4 is 11.5 Å². The number of carbonyl (C=O) groups is 1. The van der Waals surface area contributed by atoms with E-state index in [-0.39, 0.29) is 17.2 Å². The molecule has 0 bridgehead atoms. The summed E-state index contributed by atoms with van der Waals surface area (Å²) in [6.07, 6.45) is 1.56. The van der Waals surface area contributed by atoms with Gasteiger partial charge in [-0.2, -0.15) is 10.2 Å². The number of rotatable bonds is 3. The number of allylic oxidation sites excluding steroid dienone is 2. The predicted octanol–water partition coefficient (Wildman–Crippen LogP) is 4.10. The molecule has 0 spiro atoms. The van der Waals surface area contributed by atoms with Crippen molar-refractivity contribution < 1.29 is 9.90 Å². The number of benzene rings is 1. The topological polar surface area (TPSA) is 79.8 Å². The number of azo groups is 1. The predicted molar refractivity (Wildman–Crippen MR) is 86.1 cm³/mol. The van der Waals surface area contributed by atoms with Crippen molar-refractivity contribution in [3.63, 3.8) is 0 Å². The molecule has 1 heterocycles. The summed E-state index contributed by atoms with van der Waals surface area (Å²) in [5.74, 6) is -0.124. The molecule has 118 valence electrons. The Labute approximate surface area is 134 Å². The third kappa shape index (κ3) is 3.21. The second-order valence-electron chi connectivity index (χ2n) is 5.63. The highest BCUT2D eigenvalue weighted by molar-refractivity contribution is 5.96. The molecule has 0 aliphatic heterocycles. The zero-order valence-corrected chi connectivity index (χ0v) is 13.2. The lowest BCUT2D eigenvalue weighted by atomic mass is 10.0. The number of aliphatic hydroxyl groups is 1. The number of hydrogen-bond donors (Lipinski definition) is 1. The van der Waals surface area contributed by atoms with E-state index in [9.17, 15) is 9.90 Å². The molecule has 0 fully saturated rings. The molecule has 1 aromatic carbocycles. The minimum Gasteiger partial charge on any atom is -0.510 e. The summed E-state index contributed by atoms with van der Waals surface area (Å²) in [5.41, 5.74) is 3.66. The molecule has 0 radical (unpaired) electrons. The number of hydrogen-bond acceptors (Lipinski definition) is 5. The molecule has 2 aromatic rings. The molecule has 1 aliphatic carbocycles. The number of carbonyl (C=O) groups excluding carboxylic acids is 1. The molecule has 6 heteroatoms. The normalized spacial score (nSPS) is 15.7. The Morgan fingerprint density at radius 1 is 1.13 bits per heavy atom. The van der Waals surface area contributed by atoms with Crippen LogP contribution >= 0.6 is 0 Å². The molecular formula is C17H18N4O2. The van der Waals surface area contributed by atoms with E-state index in [4.69, 9.17) is 0 Å². The van der Waals surface area contributed by atoms with E-state index < -0.39 is 0 Å². The summed E-state index contributed by atoms with van der Waals surface area (Å²) in [6, 6.07) is 9.41. The van der Waals surface area contributed by atoms with Crippen molar-refractivity contribution in [2.45, 2.75) is 33.1 Å². The second kappa shape index (κ2) is 6.16. The molecule has 0 saturated heterocycles. The van der Waals surface area contributed by atoms with Gasteiger partial charge in [0.1, 0.15) is 5.76 Å². The maximum absolute atomic E-state index is 11.7. The Balaban J connectivity index is 1.82. The average Bonchev–Trinajstić information content (AvgIpc) is 2.86. The summed E-state index contributed by atoms with van der Waals surface area (Å²) in [7, 11) is 0. The van der Waals surface area contributed by atoms with E-state index in [1.807, 2.05) is 36.7 Å². The molecule has 3 rings (SSSR count). The second-order valence-corrected chi connectivity index (χ2v) is 5.63. The first-order chi connectivity index (χ1) is 11.0. The molecule has 1 aromatic heterocycles. The minimum absolute atomic E-state index is 0.0317. The highest BCUT2D eigenvalue weighted by atomic mass is 16.3. The fourth-order valence-corrected chi connectivity index (χ4v) is 2.59. The Kier molecular flexibility index (Phi) is 4.06. The van der Waals surface area contributed by atoms with Crippen molar-refractivity contribution in [3.8, 4) is 5.69 Å². The maximum atomic E-state index is 11.7. The number of aromatic nitrogens is 2. The van der Waals surface area contributed by atoms with Crippen LogP contribution < -0.4 is 0 Å². The van der Waals surface area contributed by atoms with Crippen LogP contribution in [0.2, 0.25) is 0 Å².